The second kappa shape index (κ2) is 8.76. The molecular weight excluding hydrogens is 419 g/mol. The standard InChI is InChI=1S/C19H16F3N5O2S/c20-10-2-1-3-11(21)16(10)19-27-14(8-30-19)17(28)26-13-7-24-9-25-18(13)29-15-4-5-23-6-12(15)22/h1-3,7-9,12,15,23H,4-6H2,(H,26,28). The number of nitrogens with zero attached hydrogens (tertiary/aromatic N) is 3. The van der Waals surface area contributed by atoms with Crippen molar-refractivity contribution < 1.29 is 22.7 Å². The van der Waals surface area contributed by atoms with Gasteiger partial charge in [0.05, 0.1) is 11.8 Å². The Bertz CT molecular complexity index is 1040. The van der Waals surface area contributed by atoms with Crippen molar-refractivity contribution in [3.8, 4) is 16.5 Å². The molecule has 0 spiro atoms. The molecule has 1 aromatic carbocycles. The van der Waals surface area contributed by atoms with Crippen LogP contribution in [0.3, 0.4) is 0 Å². The molecule has 0 radical (unpaired) electrons. The molecule has 1 amide bonds. The quantitative estimate of drug-likeness (QED) is 0.640. The van der Waals surface area contributed by atoms with Crippen LogP contribution in [0.2, 0.25) is 0 Å². The van der Waals surface area contributed by atoms with Gasteiger partial charge in [-0.05, 0) is 25.1 Å². The van der Waals surface area contributed by atoms with E-state index in [1.165, 1.54) is 24.0 Å². The van der Waals surface area contributed by atoms with Gasteiger partial charge in [0.25, 0.3) is 5.91 Å². The molecule has 0 aliphatic carbocycles. The normalized spacial score (nSPS) is 18.8. The van der Waals surface area contributed by atoms with Gasteiger partial charge in [-0.1, -0.05) is 6.07 Å². The summed E-state index contributed by atoms with van der Waals surface area (Å²) in [5.41, 5.74) is -0.203. The molecule has 3 heterocycles. The first-order valence-corrected chi connectivity index (χ1v) is 9.93. The number of halogens is 3. The molecule has 1 aliphatic heterocycles. The van der Waals surface area contributed by atoms with Gasteiger partial charge in [-0.2, -0.15) is 4.98 Å². The number of anilines is 1. The Morgan fingerprint density at radius 1 is 1.30 bits per heavy atom. The number of thiazole rings is 1. The molecule has 2 N–H and O–H groups in total. The summed E-state index contributed by atoms with van der Waals surface area (Å²) in [6.45, 7) is 0.776. The van der Waals surface area contributed by atoms with Crippen LogP contribution in [-0.4, -0.2) is 46.2 Å². The number of carbonyl (C=O) groups is 1. The summed E-state index contributed by atoms with van der Waals surface area (Å²) >= 11 is 0.932. The lowest BCUT2D eigenvalue weighted by Gasteiger charge is -2.27. The molecule has 7 nitrogen and oxygen atoms in total. The van der Waals surface area contributed by atoms with E-state index in [1.807, 2.05) is 0 Å². The van der Waals surface area contributed by atoms with Crippen LogP contribution in [0.4, 0.5) is 18.9 Å². The maximum absolute atomic E-state index is 14.0. The van der Waals surface area contributed by atoms with Crippen molar-refractivity contribution in [2.75, 3.05) is 18.4 Å². The van der Waals surface area contributed by atoms with E-state index in [1.54, 1.807) is 0 Å². The highest BCUT2D eigenvalue weighted by molar-refractivity contribution is 7.13. The number of benzene rings is 1. The van der Waals surface area contributed by atoms with E-state index in [4.69, 9.17) is 4.74 Å². The molecule has 4 rings (SSSR count). The smallest absolute Gasteiger partial charge is 0.275 e. The molecule has 0 saturated carbocycles. The number of alkyl halides is 1. The Kier molecular flexibility index (Phi) is 5.91. The lowest BCUT2D eigenvalue weighted by atomic mass is 10.1. The number of nitrogens with one attached hydrogen (secondary N) is 2. The highest BCUT2D eigenvalue weighted by atomic mass is 32.1. The third-order valence-electron chi connectivity index (χ3n) is 4.45. The molecule has 156 valence electrons. The van der Waals surface area contributed by atoms with E-state index in [2.05, 4.69) is 25.6 Å². The number of amides is 1. The van der Waals surface area contributed by atoms with E-state index in [-0.39, 0.29) is 34.4 Å². The van der Waals surface area contributed by atoms with Crippen LogP contribution < -0.4 is 15.4 Å². The first kappa shape index (κ1) is 20.2. The van der Waals surface area contributed by atoms with Crippen molar-refractivity contribution >= 4 is 22.9 Å². The number of carbonyl (C=O) groups excluding carboxylic acids is 1. The lowest BCUT2D eigenvalue weighted by molar-refractivity contribution is 0.0697. The van der Waals surface area contributed by atoms with Crippen molar-refractivity contribution in [2.45, 2.75) is 18.7 Å². The van der Waals surface area contributed by atoms with Gasteiger partial charge in [-0.3, -0.25) is 4.79 Å². The van der Waals surface area contributed by atoms with Crippen molar-refractivity contribution in [1.29, 1.82) is 0 Å². The number of hydrogen-bond donors (Lipinski definition) is 2. The van der Waals surface area contributed by atoms with Crippen LogP contribution in [-0.2, 0) is 0 Å². The molecule has 2 unspecified atom stereocenters. The third kappa shape index (κ3) is 4.26. The fourth-order valence-electron chi connectivity index (χ4n) is 2.95. The topological polar surface area (TPSA) is 89.0 Å². The van der Waals surface area contributed by atoms with Gasteiger partial charge < -0.3 is 15.4 Å². The Morgan fingerprint density at radius 2 is 2.10 bits per heavy atom. The van der Waals surface area contributed by atoms with Gasteiger partial charge in [0.15, 0.2) is 0 Å². The fraction of sp³-hybridized carbons (Fsp3) is 0.263. The molecule has 2 atom stereocenters. The molecule has 11 heteroatoms. The minimum atomic E-state index is -1.21. The zero-order valence-electron chi connectivity index (χ0n) is 15.4. The van der Waals surface area contributed by atoms with Gasteiger partial charge in [0.1, 0.15) is 46.6 Å². The number of ether oxygens (including phenoxy) is 1. The molecule has 1 saturated heterocycles. The summed E-state index contributed by atoms with van der Waals surface area (Å²) in [6.07, 6.45) is 1.07. The largest absolute Gasteiger partial charge is 0.470 e. The van der Waals surface area contributed by atoms with Gasteiger partial charge >= 0.3 is 0 Å². The Labute approximate surface area is 173 Å². The zero-order chi connectivity index (χ0) is 21.1. The number of rotatable bonds is 5. The molecule has 1 aliphatic rings. The second-order valence-electron chi connectivity index (χ2n) is 6.50. The van der Waals surface area contributed by atoms with Gasteiger partial charge in [0, 0.05) is 11.9 Å². The Balaban J connectivity index is 1.52. The van der Waals surface area contributed by atoms with Crippen molar-refractivity contribution in [3.63, 3.8) is 0 Å². The van der Waals surface area contributed by atoms with Gasteiger partial charge in [-0.15, -0.1) is 11.3 Å². The van der Waals surface area contributed by atoms with Crippen LogP contribution >= 0.6 is 11.3 Å². The summed E-state index contributed by atoms with van der Waals surface area (Å²) in [6, 6.07) is 3.48. The average molecular weight is 435 g/mol. The summed E-state index contributed by atoms with van der Waals surface area (Å²) in [4.78, 5) is 24.4. The highest BCUT2D eigenvalue weighted by Crippen LogP contribution is 2.30. The van der Waals surface area contributed by atoms with Crippen LogP contribution in [0.15, 0.2) is 36.1 Å². The number of aromatic nitrogens is 3. The van der Waals surface area contributed by atoms with Crippen molar-refractivity contribution in [3.05, 3.63) is 53.4 Å². The van der Waals surface area contributed by atoms with E-state index in [9.17, 15) is 18.0 Å². The molecule has 30 heavy (non-hydrogen) atoms. The zero-order valence-corrected chi connectivity index (χ0v) is 16.3. The number of hydrogen-bond acceptors (Lipinski definition) is 7. The van der Waals surface area contributed by atoms with Crippen LogP contribution in [0, 0.1) is 11.6 Å². The minimum Gasteiger partial charge on any atom is -0.470 e. The fourth-order valence-corrected chi connectivity index (χ4v) is 3.80. The Hall–Kier alpha value is -3.05. The SMILES string of the molecule is O=C(Nc1cncnc1OC1CCNCC1F)c1csc(-c2c(F)cccc2F)n1. The summed E-state index contributed by atoms with van der Waals surface area (Å²) in [5.74, 6) is -2.16. The van der Waals surface area contributed by atoms with Crippen LogP contribution in [0.5, 0.6) is 5.88 Å². The monoisotopic (exact) mass is 435 g/mol. The molecular formula is C19H16F3N5O2S. The predicted molar refractivity (Wildman–Crippen MR) is 104 cm³/mol. The summed E-state index contributed by atoms with van der Waals surface area (Å²) in [7, 11) is 0. The first-order chi connectivity index (χ1) is 14.5. The second-order valence-corrected chi connectivity index (χ2v) is 7.35. The predicted octanol–water partition coefficient (Wildman–Crippen LogP) is 3.21. The lowest BCUT2D eigenvalue weighted by Crippen LogP contribution is -2.44. The van der Waals surface area contributed by atoms with Crippen molar-refractivity contribution in [1.82, 2.24) is 20.3 Å². The van der Waals surface area contributed by atoms with Crippen molar-refractivity contribution in [2.24, 2.45) is 0 Å². The average Bonchev–Trinajstić information content (AvgIpc) is 3.21. The van der Waals surface area contributed by atoms with Crippen LogP contribution in [0.1, 0.15) is 16.9 Å². The van der Waals surface area contributed by atoms with E-state index < -0.39 is 29.8 Å². The molecule has 3 aromatic rings. The Morgan fingerprint density at radius 3 is 2.87 bits per heavy atom. The first-order valence-electron chi connectivity index (χ1n) is 9.05. The molecule has 0 bridgehead atoms. The van der Waals surface area contributed by atoms with E-state index in [0.717, 1.165) is 23.5 Å². The highest BCUT2D eigenvalue weighted by Gasteiger charge is 2.28. The molecule has 1 fully saturated rings. The summed E-state index contributed by atoms with van der Waals surface area (Å²) < 4.78 is 47.6. The maximum Gasteiger partial charge on any atom is 0.275 e. The van der Waals surface area contributed by atoms with E-state index >= 15 is 0 Å². The minimum absolute atomic E-state index is 0.0310. The van der Waals surface area contributed by atoms with Crippen LogP contribution in [0.25, 0.3) is 10.6 Å². The van der Waals surface area contributed by atoms with E-state index in [0.29, 0.717) is 13.0 Å². The van der Waals surface area contributed by atoms with Gasteiger partial charge in [0.2, 0.25) is 5.88 Å². The number of piperidine rings is 1. The summed E-state index contributed by atoms with van der Waals surface area (Å²) in [5, 5.41) is 6.89. The van der Waals surface area contributed by atoms with Gasteiger partial charge in [-0.25, -0.2) is 23.1 Å². The third-order valence-corrected chi connectivity index (χ3v) is 5.31. The molecule has 2 aromatic heterocycles. The maximum atomic E-state index is 14.0.